The summed E-state index contributed by atoms with van der Waals surface area (Å²) in [5, 5.41) is 3.66. The molecule has 0 aliphatic carbocycles. The Kier molecular flexibility index (Phi) is 4.44. The van der Waals surface area contributed by atoms with Crippen LogP contribution in [0.15, 0.2) is 35.3 Å². The maximum atomic E-state index is 5.76. The fraction of sp³-hybridized carbons (Fsp3) is 0.250. The summed E-state index contributed by atoms with van der Waals surface area (Å²) in [6.07, 6.45) is 4.64. The molecule has 2 aromatic rings. The van der Waals surface area contributed by atoms with E-state index in [4.69, 9.17) is 25.5 Å². The van der Waals surface area contributed by atoms with Crippen molar-refractivity contribution in [2.24, 2.45) is 0 Å². The average Bonchev–Trinajstić information content (AvgIpc) is 2.80. The zero-order valence-electron chi connectivity index (χ0n) is 9.85. The predicted molar refractivity (Wildman–Crippen MR) is 68.6 cm³/mol. The first-order valence-electron chi connectivity index (χ1n) is 5.36. The summed E-state index contributed by atoms with van der Waals surface area (Å²) in [5.41, 5.74) is 0.709. The lowest BCUT2D eigenvalue weighted by Crippen LogP contribution is -2.05. The number of methoxy groups -OCH3 is 1. The molecule has 0 amide bonds. The van der Waals surface area contributed by atoms with Gasteiger partial charge in [0.05, 0.1) is 11.6 Å². The standard InChI is InChI=1S/C12H13ClN2O3/c1-16-4-5-18-11-8-17-7-10(11)15-12-3-2-9(13)6-14-12/h2-3,6-8H,4-5H2,1H3,(H,14,15). The fourth-order valence-electron chi connectivity index (χ4n) is 1.31. The van der Waals surface area contributed by atoms with Crippen LogP contribution in [0.25, 0.3) is 0 Å². The number of hydrogen-bond acceptors (Lipinski definition) is 5. The second-order valence-electron chi connectivity index (χ2n) is 3.48. The van der Waals surface area contributed by atoms with E-state index in [0.717, 1.165) is 0 Å². The van der Waals surface area contributed by atoms with Crippen molar-refractivity contribution in [3.05, 3.63) is 35.9 Å². The first-order valence-corrected chi connectivity index (χ1v) is 5.74. The Balaban J connectivity index is 2.00. The van der Waals surface area contributed by atoms with Gasteiger partial charge in [0.15, 0.2) is 5.75 Å². The molecule has 0 unspecified atom stereocenters. The Morgan fingerprint density at radius 2 is 2.22 bits per heavy atom. The third-order valence-corrected chi connectivity index (χ3v) is 2.39. The van der Waals surface area contributed by atoms with E-state index in [2.05, 4.69) is 10.3 Å². The van der Waals surface area contributed by atoms with Gasteiger partial charge in [-0.2, -0.15) is 0 Å². The summed E-state index contributed by atoms with van der Waals surface area (Å²) in [7, 11) is 1.62. The van der Waals surface area contributed by atoms with E-state index in [-0.39, 0.29) is 0 Å². The van der Waals surface area contributed by atoms with Gasteiger partial charge < -0.3 is 19.2 Å². The van der Waals surface area contributed by atoms with Crippen LogP contribution in [0.2, 0.25) is 5.02 Å². The molecule has 0 aliphatic heterocycles. The van der Waals surface area contributed by atoms with Crippen molar-refractivity contribution in [3.8, 4) is 5.75 Å². The van der Waals surface area contributed by atoms with Crippen LogP contribution in [-0.4, -0.2) is 25.3 Å². The molecule has 2 rings (SSSR count). The van der Waals surface area contributed by atoms with Crippen molar-refractivity contribution in [2.45, 2.75) is 0 Å². The first kappa shape index (κ1) is 12.7. The average molecular weight is 269 g/mol. The molecule has 0 saturated carbocycles. The smallest absolute Gasteiger partial charge is 0.181 e. The molecule has 0 radical (unpaired) electrons. The molecule has 0 spiro atoms. The summed E-state index contributed by atoms with van der Waals surface area (Å²) in [6, 6.07) is 3.52. The van der Waals surface area contributed by atoms with Crippen LogP contribution in [0.4, 0.5) is 11.5 Å². The Bertz CT molecular complexity index is 484. The normalized spacial score (nSPS) is 10.3. The molecule has 0 atom stereocenters. The van der Waals surface area contributed by atoms with Gasteiger partial charge >= 0.3 is 0 Å². The molecule has 0 aliphatic rings. The summed E-state index contributed by atoms with van der Waals surface area (Å²) in [6.45, 7) is 0.975. The molecule has 6 heteroatoms. The molecule has 0 aromatic carbocycles. The number of anilines is 2. The molecular weight excluding hydrogens is 256 g/mol. The highest BCUT2D eigenvalue weighted by atomic mass is 35.5. The Morgan fingerprint density at radius 1 is 1.33 bits per heavy atom. The maximum absolute atomic E-state index is 5.76. The van der Waals surface area contributed by atoms with Crippen LogP contribution in [-0.2, 0) is 4.74 Å². The van der Waals surface area contributed by atoms with Gasteiger partial charge in [0, 0.05) is 13.3 Å². The van der Waals surface area contributed by atoms with Gasteiger partial charge in [0.2, 0.25) is 0 Å². The van der Waals surface area contributed by atoms with Crippen molar-refractivity contribution >= 4 is 23.1 Å². The summed E-state index contributed by atoms with van der Waals surface area (Å²) in [5.74, 6) is 1.28. The number of rotatable bonds is 6. The summed E-state index contributed by atoms with van der Waals surface area (Å²) < 4.78 is 15.5. The van der Waals surface area contributed by atoms with Crippen LogP contribution >= 0.6 is 11.6 Å². The molecular formula is C12H13ClN2O3. The van der Waals surface area contributed by atoms with Crippen molar-refractivity contribution < 1.29 is 13.9 Å². The van der Waals surface area contributed by atoms with Crippen LogP contribution in [0.1, 0.15) is 0 Å². The largest absolute Gasteiger partial charge is 0.486 e. The highest BCUT2D eigenvalue weighted by Gasteiger charge is 2.07. The lowest BCUT2D eigenvalue weighted by atomic mass is 10.4. The number of pyridine rings is 1. The number of aromatic nitrogens is 1. The minimum absolute atomic E-state index is 0.457. The second kappa shape index (κ2) is 6.28. The molecule has 18 heavy (non-hydrogen) atoms. The van der Waals surface area contributed by atoms with Crippen LogP contribution < -0.4 is 10.1 Å². The third kappa shape index (κ3) is 3.38. The minimum Gasteiger partial charge on any atom is -0.486 e. The van der Waals surface area contributed by atoms with Crippen LogP contribution in [0, 0.1) is 0 Å². The number of furan rings is 1. The molecule has 0 saturated heterocycles. The number of nitrogens with one attached hydrogen (secondary N) is 1. The van der Waals surface area contributed by atoms with E-state index in [0.29, 0.717) is 35.5 Å². The number of nitrogens with zero attached hydrogens (tertiary/aromatic N) is 1. The van der Waals surface area contributed by atoms with Crippen LogP contribution in [0.5, 0.6) is 5.75 Å². The SMILES string of the molecule is COCCOc1cocc1Nc1ccc(Cl)cn1. The highest BCUT2D eigenvalue weighted by Crippen LogP contribution is 2.28. The Hall–Kier alpha value is -1.72. The van der Waals surface area contributed by atoms with Gasteiger partial charge in [-0.25, -0.2) is 4.98 Å². The molecule has 96 valence electrons. The molecule has 5 nitrogen and oxygen atoms in total. The number of ether oxygens (including phenoxy) is 2. The zero-order valence-corrected chi connectivity index (χ0v) is 10.6. The molecule has 2 heterocycles. The minimum atomic E-state index is 0.457. The third-order valence-electron chi connectivity index (χ3n) is 2.16. The molecule has 1 N–H and O–H groups in total. The van der Waals surface area contributed by atoms with Gasteiger partial charge in [-0.3, -0.25) is 0 Å². The van der Waals surface area contributed by atoms with E-state index >= 15 is 0 Å². The lowest BCUT2D eigenvalue weighted by molar-refractivity contribution is 0.146. The van der Waals surface area contributed by atoms with Gasteiger partial charge in [0.1, 0.15) is 30.6 Å². The van der Waals surface area contributed by atoms with E-state index in [9.17, 15) is 0 Å². The molecule has 0 fully saturated rings. The van der Waals surface area contributed by atoms with E-state index in [1.165, 1.54) is 6.26 Å². The van der Waals surface area contributed by atoms with Crippen molar-refractivity contribution in [3.63, 3.8) is 0 Å². The van der Waals surface area contributed by atoms with Crippen molar-refractivity contribution in [1.82, 2.24) is 4.98 Å². The second-order valence-corrected chi connectivity index (χ2v) is 3.91. The topological polar surface area (TPSA) is 56.5 Å². The predicted octanol–water partition coefficient (Wildman–Crippen LogP) is 3.10. The quantitative estimate of drug-likeness (QED) is 0.816. The van der Waals surface area contributed by atoms with E-state index in [1.807, 2.05) is 0 Å². The Labute approximate surface area is 110 Å². The van der Waals surface area contributed by atoms with Gasteiger partial charge in [-0.1, -0.05) is 11.6 Å². The van der Waals surface area contributed by atoms with E-state index in [1.54, 1.807) is 31.7 Å². The highest BCUT2D eigenvalue weighted by molar-refractivity contribution is 6.30. The summed E-state index contributed by atoms with van der Waals surface area (Å²) >= 11 is 5.76. The van der Waals surface area contributed by atoms with Crippen molar-refractivity contribution in [2.75, 3.05) is 25.6 Å². The summed E-state index contributed by atoms with van der Waals surface area (Å²) in [4.78, 5) is 4.13. The van der Waals surface area contributed by atoms with Gasteiger partial charge in [0.25, 0.3) is 0 Å². The van der Waals surface area contributed by atoms with E-state index < -0.39 is 0 Å². The number of hydrogen-bond donors (Lipinski definition) is 1. The zero-order chi connectivity index (χ0) is 12.8. The van der Waals surface area contributed by atoms with Crippen LogP contribution in [0.3, 0.4) is 0 Å². The Morgan fingerprint density at radius 3 is 2.94 bits per heavy atom. The monoisotopic (exact) mass is 268 g/mol. The molecule has 0 bridgehead atoms. The lowest BCUT2D eigenvalue weighted by Gasteiger charge is -2.07. The maximum Gasteiger partial charge on any atom is 0.181 e. The fourth-order valence-corrected chi connectivity index (χ4v) is 1.42. The van der Waals surface area contributed by atoms with Gasteiger partial charge in [-0.15, -0.1) is 0 Å². The molecule has 2 aromatic heterocycles. The number of halogens is 1. The van der Waals surface area contributed by atoms with Crippen molar-refractivity contribution in [1.29, 1.82) is 0 Å². The first-order chi connectivity index (χ1) is 8.79. The van der Waals surface area contributed by atoms with Gasteiger partial charge in [-0.05, 0) is 12.1 Å².